The fraction of sp³-hybridized carbons (Fsp3) is 0.714. The van der Waals surface area contributed by atoms with Crippen molar-refractivity contribution in [3.8, 4) is 0 Å². The van der Waals surface area contributed by atoms with Crippen LogP contribution in [0.5, 0.6) is 0 Å². The average molecular weight is 268 g/mol. The number of alkyl halides is 1. The Labute approximate surface area is 114 Å². The Hall–Kier alpha value is -0.830. The highest BCUT2D eigenvalue weighted by Crippen LogP contribution is 2.27. The molecule has 3 nitrogen and oxygen atoms in total. The monoisotopic (exact) mass is 267 g/mol. The standard InChI is InChI=1S/C14H22ClN3/c1-14(2,3)7-10(15)8-16-13-11-5-4-6-12(11)17-9-18-13/h9-10H,4-8H2,1-3H3,(H,16,17,18). The normalized spacial score (nSPS) is 16.4. The summed E-state index contributed by atoms with van der Waals surface area (Å²) in [5.41, 5.74) is 2.76. The smallest absolute Gasteiger partial charge is 0.132 e. The first-order valence-electron chi connectivity index (χ1n) is 6.66. The van der Waals surface area contributed by atoms with Crippen molar-refractivity contribution in [2.75, 3.05) is 11.9 Å². The summed E-state index contributed by atoms with van der Waals surface area (Å²) in [6.45, 7) is 7.41. The highest BCUT2D eigenvalue weighted by atomic mass is 35.5. The molecule has 1 aliphatic carbocycles. The van der Waals surface area contributed by atoms with Gasteiger partial charge in [0.1, 0.15) is 12.1 Å². The van der Waals surface area contributed by atoms with E-state index in [4.69, 9.17) is 11.6 Å². The van der Waals surface area contributed by atoms with Gasteiger partial charge in [-0.05, 0) is 31.1 Å². The summed E-state index contributed by atoms with van der Waals surface area (Å²) in [7, 11) is 0. The molecule has 0 fully saturated rings. The van der Waals surface area contributed by atoms with Gasteiger partial charge < -0.3 is 5.32 Å². The fourth-order valence-electron chi connectivity index (χ4n) is 2.46. The number of fused-ring (bicyclic) bond motifs is 1. The van der Waals surface area contributed by atoms with Gasteiger partial charge in [-0.2, -0.15) is 0 Å². The third-order valence-electron chi connectivity index (χ3n) is 3.20. The molecule has 100 valence electrons. The Morgan fingerprint density at radius 3 is 2.83 bits per heavy atom. The number of rotatable bonds is 4. The lowest BCUT2D eigenvalue weighted by Crippen LogP contribution is -2.21. The Morgan fingerprint density at radius 1 is 1.33 bits per heavy atom. The second-order valence-corrected chi connectivity index (χ2v) is 6.86. The molecule has 1 aliphatic rings. The van der Waals surface area contributed by atoms with Gasteiger partial charge in [-0.15, -0.1) is 11.6 Å². The van der Waals surface area contributed by atoms with Crippen LogP contribution in [0.15, 0.2) is 6.33 Å². The van der Waals surface area contributed by atoms with Crippen molar-refractivity contribution in [1.29, 1.82) is 0 Å². The van der Waals surface area contributed by atoms with Gasteiger partial charge in [0, 0.05) is 17.8 Å². The minimum atomic E-state index is 0.136. The molecule has 18 heavy (non-hydrogen) atoms. The zero-order valence-corrected chi connectivity index (χ0v) is 12.2. The first-order chi connectivity index (χ1) is 8.46. The first-order valence-corrected chi connectivity index (χ1v) is 7.10. The van der Waals surface area contributed by atoms with Crippen LogP contribution in [0.4, 0.5) is 5.82 Å². The maximum Gasteiger partial charge on any atom is 0.132 e. The van der Waals surface area contributed by atoms with Gasteiger partial charge in [0.25, 0.3) is 0 Å². The molecule has 1 aromatic rings. The minimum absolute atomic E-state index is 0.136. The van der Waals surface area contributed by atoms with E-state index in [2.05, 4.69) is 36.1 Å². The van der Waals surface area contributed by atoms with E-state index in [-0.39, 0.29) is 10.8 Å². The van der Waals surface area contributed by atoms with Crippen molar-refractivity contribution in [3.63, 3.8) is 0 Å². The van der Waals surface area contributed by atoms with Crippen LogP contribution in [-0.2, 0) is 12.8 Å². The Kier molecular flexibility index (Phi) is 4.10. The van der Waals surface area contributed by atoms with E-state index in [1.165, 1.54) is 17.7 Å². The molecule has 1 atom stereocenters. The van der Waals surface area contributed by atoms with Gasteiger partial charge in [-0.1, -0.05) is 20.8 Å². The topological polar surface area (TPSA) is 37.8 Å². The average Bonchev–Trinajstić information content (AvgIpc) is 2.72. The van der Waals surface area contributed by atoms with Crippen LogP contribution in [0.25, 0.3) is 0 Å². The molecule has 0 aliphatic heterocycles. The van der Waals surface area contributed by atoms with Crippen LogP contribution >= 0.6 is 11.6 Å². The quantitative estimate of drug-likeness (QED) is 0.850. The molecular weight excluding hydrogens is 246 g/mol. The number of nitrogens with one attached hydrogen (secondary N) is 1. The van der Waals surface area contributed by atoms with E-state index in [0.29, 0.717) is 0 Å². The van der Waals surface area contributed by atoms with E-state index < -0.39 is 0 Å². The zero-order chi connectivity index (χ0) is 13.2. The molecule has 0 amide bonds. The summed E-state index contributed by atoms with van der Waals surface area (Å²) in [6.07, 6.45) is 6.01. The van der Waals surface area contributed by atoms with Crippen LogP contribution in [0.1, 0.15) is 44.9 Å². The number of hydrogen-bond acceptors (Lipinski definition) is 3. The Morgan fingerprint density at radius 2 is 2.11 bits per heavy atom. The Balaban J connectivity index is 1.93. The van der Waals surface area contributed by atoms with Crippen molar-refractivity contribution in [3.05, 3.63) is 17.6 Å². The predicted octanol–water partition coefficient (Wildman–Crippen LogP) is 3.42. The van der Waals surface area contributed by atoms with Gasteiger partial charge in [0.2, 0.25) is 0 Å². The SMILES string of the molecule is CC(C)(C)CC(Cl)CNc1ncnc2c1CCC2. The van der Waals surface area contributed by atoms with E-state index >= 15 is 0 Å². The van der Waals surface area contributed by atoms with Crippen LogP contribution < -0.4 is 5.32 Å². The van der Waals surface area contributed by atoms with Crippen molar-refractivity contribution < 1.29 is 0 Å². The molecule has 2 rings (SSSR count). The van der Waals surface area contributed by atoms with Crippen molar-refractivity contribution in [1.82, 2.24) is 9.97 Å². The van der Waals surface area contributed by atoms with E-state index in [0.717, 1.165) is 31.6 Å². The minimum Gasteiger partial charge on any atom is -0.368 e. The summed E-state index contributed by atoms with van der Waals surface area (Å²) in [5.74, 6) is 0.983. The molecular formula is C14H22ClN3. The lowest BCUT2D eigenvalue weighted by atomic mass is 9.90. The van der Waals surface area contributed by atoms with Crippen LogP contribution in [0, 0.1) is 5.41 Å². The van der Waals surface area contributed by atoms with Gasteiger partial charge in [-0.3, -0.25) is 0 Å². The number of aromatic nitrogens is 2. The molecule has 0 radical (unpaired) electrons. The molecule has 1 unspecified atom stereocenters. The van der Waals surface area contributed by atoms with Gasteiger partial charge in [0.15, 0.2) is 0 Å². The Bertz CT molecular complexity index is 412. The highest BCUT2D eigenvalue weighted by molar-refractivity contribution is 6.20. The molecule has 0 aromatic carbocycles. The number of hydrogen-bond donors (Lipinski definition) is 1. The van der Waals surface area contributed by atoms with E-state index in [9.17, 15) is 0 Å². The van der Waals surface area contributed by atoms with Gasteiger partial charge in [-0.25, -0.2) is 9.97 Å². The molecule has 0 spiro atoms. The van der Waals surface area contributed by atoms with Crippen molar-refractivity contribution in [2.45, 2.75) is 51.8 Å². The number of aryl methyl sites for hydroxylation is 1. The lowest BCUT2D eigenvalue weighted by molar-refractivity contribution is 0.373. The first kappa shape index (κ1) is 13.6. The third-order valence-corrected chi connectivity index (χ3v) is 3.51. The molecule has 4 heteroatoms. The largest absolute Gasteiger partial charge is 0.368 e. The second kappa shape index (κ2) is 5.43. The summed E-state index contributed by atoms with van der Waals surface area (Å²) in [5, 5.41) is 3.52. The van der Waals surface area contributed by atoms with Crippen LogP contribution in [0.2, 0.25) is 0 Å². The highest BCUT2D eigenvalue weighted by Gasteiger charge is 2.19. The van der Waals surface area contributed by atoms with Gasteiger partial charge in [0.05, 0.1) is 5.38 Å². The maximum absolute atomic E-state index is 6.36. The third kappa shape index (κ3) is 3.58. The summed E-state index contributed by atoms with van der Waals surface area (Å²) in [4.78, 5) is 8.66. The number of anilines is 1. The molecule has 1 heterocycles. The van der Waals surface area contributed by atoms with Crippen molar-refractivity contribution >= 4 is 17.4 Å². The van der Waals surface area contributed by atoms with E-state index in [1.54, 1.807) is 6.33 Å². The summed E-state index contributed by atoms with van der Waals surface area (Å²) < 4.78 is 0. The van der Waals surface area contributed by atoms with Gasteiger partial charge >= 0.3 is 0 Å². The molecule has 0 bridgehead atoms. The van der Waals surface area contributed by atoms with Crippen LogP contribution in [-0.4, -0.2) is 21.9 Å². The summed E-state index contributed by atoms with van der Waals surface area (Å²) in [6, 6.07) is 0. The molecule has 0 saturated heterocycles. The number of nitrogens with zero attached hydrogens (tertiary/aromatic N) is 2. The second-order valence-electron chi connectivity index (χ2n) is 6.24. The number of halogens is 1. The van der Waals surface area contributed by atoms with Crippen LogP contribution in [0.3, 0.4) is 0 Å². The maximum atomic E-state index is 6.36. The fourth-order valence-corrected chi connectivity index (χ4v) is 3.00. The lowest BCUT2D eigenvalue weighted by Gasteiger charge is -2.22. The molecule has 1 N–H and O–H groups in total. The predicted molar refractivity (Wildman–Crippen MR) is 76.3 cm³/mol. The molecule has 1 aromatic heterocycles. The molecule has 0 saturated carbocycles. The van der Waals surface area contributed by atoms with Crippen molar-refractivity contribution in [2.24, 2.45) is 5.41 Å². The van der Waals surface area contributed by atoms with E-state index in [1.807, 2.05) is 0 Å². The summed E-state index contributed by atoms with van der Waals surface area (Å²) >= 11 is 6.36. The zero-order valence-electron chi connectivity index (χ0n) is 11.5.